The number of hydrogen-bond donors (Lipinski definition) is 1. The number of halogens is 1. The minimum absolute atomic E-state index is 0.00305. The molecule has 5 heteroatoms. The fourth-order valence-corrected chi connectivity index (χ4v) is 3.19. The van der Waals surface area contributed by atoms with Gasteiger partial charge >= 0.3 is 0 Å². The summed E-state index contributed by atoms with van der Waals surface area (Å²) < 4.78 is 6.70. The van der Waals surface area contributed by atoms with Crippen LogP contribution in [0.2, 0.25) is 0 Å². The first-order chi connectivity index (χ1) is 9.32. The zero-order valence-corrected chi connectivity index (χ0v) is 13.6. The Labute approximate surface area is 127 Å². The Morgan fingerprint density at radius 1 is 1.55 bits per heavy atom. The maximum Gasteiger partial charge on any atom is 0.159 e. The van der Waals surface area contributed by atoms with Crippen LogP contribution in [0.4, 0.5) is 5.69 Å². The van der Waals surface area contributed by atoms with Gasteiger partial charge in [-0.25, -0.2) is 0 Å². The highest BCUT2D eigenvalue weighted by Crippen LogP contribution is 2.32. The molecule has 2 rings (SSSR count). The zero-order valence-electron chi connectivity index (χ0n) is 12.0. The van der Waals surface area contributed by atoms with Crippen LogP contribution in [0.5, 0.6) is 0 Å². The largest absolute Gasteiger partial charge is 0.394 e. The molecular formula is C15H20BrNO3. The standard InChI is InChI=1S/C15H20BrNO3/c1-10(19)11-4-5-14(13(16)6-11)17-7-12(8-18)20-15(2,3)9-17/h4-6,12,18H,7-9H2,1-3H3. The molecule has 1 heterocycles. The molecule has 0 aliphatic carbocycles. The molecular weight excluding hydrogens is 322 g/mol. The van der Waals surface area contributed by atoms with Gasteiger partial charge in [-0.15, -0.1) is 0 Å². The van der Waals surface area contributed by atoms with Gasteiger partial charge in [-0.3, -0.25) is 4.79 Å². The van der Waals surface area contributed by atoms with E-state index in [0.29, 0.717) is 12.1 Å². The zero-order chi connectivity index (χ0) is 14.9. The smallest absolute Gasteiger partial charge is 0.159 e. The third-order valence-corrected chi connectivity index (χ3v) is 4.02. The highest BCUT2D eigenvalue weighted by molar-refractivity contribution is 9.10. The Morgan fingerprint density at radius 2 is 2.25 bits per heavy atom. The van der Waals surface area contributed by atoms with Gasteiger partial charge in [-0.1, -0.05) is 0 Å². The van der Waals surface area contributed by atoms with E-state index < -0.39 is 0 Å². The van der Waals surface area contributed by atoms with Crippen LogP contribution in [0.25, 0.3) is 0 Å². The summed E-state index contributed by atoms with van der Waals surface area (Å²) in [5.74, 6) is 0.0489. The molecule has 110 valence electrons. The molecule has 1 aliphatic heterocycles. The second-order valence-corrected chi connectivity index (χ2v) is 6.64. The molecule has 1 atom stereocenters. The maximum atomic E-state index is 11.4. The molecule has 0 aromatic heterocycles. The van der Waals surface area contributed by atoms with E-state index in [-0.39, 0.29) is 24.1 Å². The number of morpholine rings is 1. The Morgan fingerprint density at radius 3 is 2.80 bits per heavy atom. The van der Waals surface area contributed by atoms with Gasteiger partial charge in [-0.2, -0.15) is 0 Å². The molecule has 0 amide bonds. The quantitative estimate of drug-likeness (QED) is 0.858. The van der Waals surface area contributed by atoms with Gasteiger partial charge in [0.15, 0.2) is 5.78 Å². The molecule has 0 bridgehead atoms. The van der Waals surface area contributed by atoms with Crippen LogP contribution in [-0.2, 0) is 4.74 Å². The van der Waals surface area contributed by atoms with Crippen molar-refractivity contribution in [1.82, 2.24) is 0 Å². The fourth-order valence-electron chi connectivity index (χ4n) is 2.56. The highest BCUT2D eigenvalue weighted by atomic mass is 79.9. The number of anilines is 1. The summed E-state index contributed by atoms with van der Waals surface area (Å²) in [6, 6.07) is 5.61. The van der Waals surface area contributed by atoms with Crippen LogP contribution in [0.3, 0.4) is 0 Å². The van der Waals surface area contributed by atoms with Crippen LogP contribution < -0.4 is 4.90 Å². The summed E-state index contributed by atoms with van der Waals surface area (Å²) in [5.41, 5.74) is 1.39. The van der Waals surface area contributed by atoms with Crippen LogP contribution in [0, 0.1) is 0 Å². The topological polar surface area (TPSA) is 49.8 Å². The van der Waals surface area contributed by atoms with Crippen molar-refractivity contribution in [3.8, 4) is 0 Å². The third kappa shape index (κ3) is 3.40. The van der Waals surface area contributed by atoms with E-state index in [1.165, 1.54) is 0 Å². The molecule has 1 aromatic carbocycles. The number of ether oxygens (including phenoxy) is 1. The third-order valence-electron chi connectivity index (χ3n) is 3.38. The number of aliphatic hydroxyl groups is 1. The molecule has 0 saturated carbocycles. The van der Waals surface area contributed by atoms with E-state index in [2.05, 4.69) is 20.8 Å². The molecule has 20 heavy (non-hydrogen) atoms. The highest BCUT2D eigenvalue weighted by Gasteiger charge is 2.33. The Balaban J connectivity index is 2.28. The number of aliphatic hydroxyl groups excluding tert-OH is 1. The van der Waals surface area contributed by atoms with Crippen molar-refractivity contribution in [2.75, 3.05) is 24.6 Å². The Bertz CT molecular complexity index is 516. The summed E-state index contributed by atoms with van der Waals surface area (Å²) in [6.45, 7) is 6.96. The van der Waals surface area contributed by atoms with E-state index in [1.54, 1.807) is 6.92 Å². The number of Topliss-reactive ketones (excluding diaryl/α,β-unsaturated/α-hetero) is 1. The molecule has 1 aromatic rings. The summed E-state index contributed by atoms with van der Waals surface area (Å²) >= 11 is 3.53. The second-order valence-electron chi connectivity index (χ2n) is 5.79. The second kappa shape index (κ2) is 5.84. The molecule has 1 fully saturated rings. The monoisotopic (exact) mass is 341 g/mol. The van der Waals surface area contributed by atoms with Gasteiger partial charge in [-0.05, 0) is 54.9 Å². The number of benzene rings is 1. The van der Waals surface area contributed by atoms with Crippen molar-refractivity contribution in [2.45, 2.75) is 32.5 Å². The van der Waals surface area contributed by atoms with Gasteiger partial charge in [0.2, 0.25) is 0 Å². The van der Waals surface area contributed by atoms with Gasteiger partial charge in [0.05, 0.1) is 24.0 Å². The minimum Gasteiger partial charge on any atom is -0.394 e. The molecule has 1 aliphatic rings. The number of carbonyl (C=O) groups excluding carboxylic acids is 1. The first-order valence-electron chi connectivity index (χ1n) is 6.66. The Hall–Kier alpha value is -0.910. The van der Waals surface area contributed by atoms with Crippen molar-refractivity contribution in [3.63, 3.8) is 0 Å². The van der Waals surface area contributed by atoms with Crippen molar-refractivity contribution in [1.29, 1.82) is 0 Å². The van der Waals surface area contributed by atoms with Crippen LogP contribution >= 0.6 is 15.9 Å². The molecule has 1 saturated heterocycles. The predicted molar refractivity (Wildman–Crippen MR) is 82.4 cm³/mol. The first kappa shape index (κ1) is 15.5. The molecule has 1 unspecified atom stereocenters. The van der Waals surface area contributed by atoms with Crippen LogP contribution in [0.15, 0.2) is 22.7 Å². The lowest BCUT2D eigenvalue weighted by Gasteiger charge is -2.43. The summed E-state index contributed by atoms with van der Waals surface area (Å²) in [7, 11) is 0. The molecule has 0 radical (unpaired) electrons. The Kier molecular flexibility index (Phi) is 4.52. The number of carbonyl (C=O) groups is 1. The van der Waals surface area contributed by atoms with E-state index >= 15 is 0 Å². The van der Waals surface area contributed by atoms with Gasteiger partial charge in [0, 0.05) is 23.1 Å². The number of hydrogen-bond acceptors (Lipinski definition) is 4. The van der Waals surface area contributed by atoms with Crippen molar-refractivity contribution < 1.29 is 14.6 Å². The first-order valence-corrected chi connectivity index (χ1v) is 7.46. The number of rotatable bonds is 3. The summed E-state index contributed by atoms with van der Waals surface area (Å²) in [4.78, 5) is 13.6. The average Bonchev–Trinajstić information content (AvgIpc) is 2.36. The molecule has 4 nitrogen and oxygen atoms in total. The van der Waals surface area contributed by atoms with E-state index in [9.17, 15) is 9.90 Å². The molecule has 1 N–H and O–H groups in total. The maximum absolute atomic E-state index is 11.4. The SMILES string of the molecule is CC(=O)c1ccc(N2CC(CO)OC(C)(C)C2)c(Br)c1. The van der Waals surface area contributed by atoms with E-state index in [0.717, 1.165) is 16.7 Å². The number of nitrogens with zero attached hydrogens (tertiary/aromatic N) is 1. The van der Waals surface area contributed by atoms with Gasteiger partial charge < -0.3 is 14.7 Å². The predicted octanol–water partition coefficient (Wildman–Crippen LogP) is 2.63. The van der Waals surface area contributed by atoms with Crippen molar-refractivity contribution in [2.24, 2.45) is 0 Å². The summed E-state index contributed by atoms with van der Waals surface area (Å²) in [6.07, 6.45) is -0.196. The van der Waals surface area contributed by atoms with E-state index in [1.807, 2.05) is 32.0 Å². The van der Waals surface area contributed by atoms with Gasteiger partial charge in [0.25, 0.3) is 0 Å². The average molecular weight is 342 g/mol. The number of ketones is 1. The normalized spacial score (nSPS) is 21.9. The van der Waals surface area contributed by atoms with E-state index in [4.69, 9.17) is 4.74 Å². The van der Waals surface area contributed by atoms with Crippen LogP contribution in [-0.4, -0.2) is 42.3 Å². The molecule has 0 spiro atoms. The lowest BCUT2D eigenvalue weighted by molar-refractivity contribution is -0.101. The lowest BCUT2D eigenvalue weighted by Crippen LogP contribution is -2.54. The van der Waals surface area contributed by atoms with Crippen molar-refractivity contribution in [3.05, 3.63) is 28.2 Å². The van der Waals surface area contributed by atoms with Gasteiger partial charge in [0.1, 0.15) is 0 Å². The summed E-state index contributed by atoms with van der Waals surface area (Å²) in [5, 5.41) is 9.37. The van der Waals surface area contributed by atoms with Crippen LogP contribution in [0.1, 0.15) is 31.1 Å². The lowest BCUT2D eigenvalue weighted by atomic mass is 10.0. The fraction of sp³-hybridized carbons (Fsp3) is 0.533. The minimum atomic E-state index is -0.315. The van der Waals surface area contributed by atoms with Crippen molar-refractivity contribution >= 4 is 27.4 Å².